The molecule has 0 aromatic heterocycles. The maximum absolute atomic E-state index is 12.2. The summed E-state index contributed by atoms with van der Waals surface area (Å²) < 4.78 is 11.8. The second kappa shape index (κ2) is 3.52. The molecule has 0 bridgehead atoms. The zero-order valence-electron chi connectivity index (χ0n) is 5.22. The van der Waals surface area contributed by atoms with Gasteiger partial charge in [0.05, 0.1) is 0 Å². The molecule has 0 spiro atoms. The molecule has 1 rings (SSSR count). The lowest BCUT2D eigenvalue weighted by Gasteiger charge is -1.88. The summed E-state index contributed by atoms with van der Waals surface area (Å²) in [5.41, 5.74) is 0.858. The lowest BCUT2D eigenvalue weighted by Crippen LogP contribution is -1.67. The summed E-state index contributed by atoms with van der Waals surface area (Å²) in [6.07, 6.45) is 1.42. The topological polar surface area (TPSA) is 0 Å². The molecule has 0 saturated heterocycles. The fraction of sp³-hybridized carbons (Fsp3) is 0. The SMILES string of the molecule is FC(Br)=Cc1ccccc1. The largest absolute Gasteiger partial charge is 0.199 e. The molecular weight excluding hydrogens is 195 g/mol. The van der Waals surface area contributed by atoms with Crippen LogP contribution in [0.25, 0.3) is 6.08 Å². The van der Waals surface area contributed by atoms with Gasteiger partial charge in [0, 0.05) is 0 Å². The third-order valence-electron chi connectivity index (χ3n) is 1.08. The molecule has 52 valence electrons. The number of rotatable bonds is 1. The van der Waals surface area contributed by atoms with Crippen molar-refractivity contribution < 1.29 is 4.39 Å². The Bertz CT molecular complexity index is 224. The van der Waals surface area contributed by atoms with Gasteiger partial charge in [-0.1, -0.05) is 30.3 Å². The van der Waals surface area contributed by atoms with Crippen LogP contribution in [-0.4, -0.2) is 0 Å². The first-order chi connectivity index (χ1) is 4.79. The lowest BCUT2D eigenvalue weighted by molar-refractivity contribution is 0.712. The van der Waals surface area contributed by atoms with Gasteiger partial charge in [-0.3, -0.25) is 0 Å². The van der Waals surface area contributed by atoms with Crippen LogP contribution in [-0.2, 0) is 0 Å². The Labute approximate surface area is 67.5 Å². The molecule has 0 fully saturated rings. The predicted molar refractivity (Wildman–Crippen MR) is 44.5 cm³/mol. The molecule has 1 aromatic carbocycles. The van der Waals surface area contributed by atoms with Crippen LogP contribution in [0.1, 0.15) is 5.56 Å². The number of halogens is 2. The van der Waals surface area contributed by atoms with Gasteiger partial charge >= 0.3 is 0 Å². The molecular formula is C8H6BrF. The van der Waals surface area contributed by atoms with Gasteiger partial charge in [-0.05, 0) is 27.6 Å². The monoisotopic (exact) mass is 200 g/mol. The molecule has 0 unspecified atom stereocenters. The molecule has 1 aromatic rings. The predicted octanol–water partition coefficient (Wildman–Crippen LogP) is 3.35. The van der Waals surface area contributed by atoms with Gasteiger partial charge in [0.25, 0.3) is 0 Å². The van der Waals surface area contributed by atoms with Crippen molar-refractivity contribution in [3.8, 4) is 0 Å². The van der Waals surface area contributed by atoms with Crippen molar-refractivity contribution in [3.05, 3.63) is 40.6 Å². The first-order valence-corrected chi connectivity index (χ1v) is 3.66. The van der Waals surface area contributed by atoms with Gasteiger partial charge in [0.15, 0.2) is 4.74 Å². The van der Waals surface area contributed by atoms with Crippen LogP contribution in [0.3, 0.4) is 0 Å². The highest BCUT2D eigenvalue weighted by Gasteiger charge is 1.86. The van der Waals surface area contributed by atoms with Crippen molar-refractivity contribution in [1.29, 1.82) is 0 Å². The van der Waals surface area contributed by atoms with E-state index < -0.39 is 0 Å². The molecule has 0 heterocycles. The van der Waals surface area contributed by atoms with Crippen molar-refractivity contribution in [2.24, 2.45) is 0 Å². The van der Waals surface area contributed by atoms with Crippen LogP contribution in [0.2, 0.25) is 0 Å². The highest BCUT2D eigenvalue weighted by molar-refractivity contribution is 9.11. The van der Waals surface area contributed by atoms with Gasteiger partial charge < -0.3 is 0 Å². The quantitative estimate of drug-likeness (QED) is 0.653. The van der Waals surface area contributed by atoms with E-state index in [-0.39, 0.29) is 4.74 Å². The number of benzene rings is 1. The van der Waals surface area contributed by atoms with E-state index in [0.29, 0.717) is 0 Å². The first-order valence-electron chi connectivity index (χ1n) is 2.87. The second-order valence-electron chi connectivity index (χ2n) is 1.84. The Kier molecular flexibility index (Phi) is 2.63. The fourth-order valence-corrected chi connectivity index (χ4v) is 0.940. The summed E-state index contributed by atoms with van der Waals surface area (Å²) in [5, 5.41) is 0. The molecule has 0 N–H and O–H groups in total. The van der Waals surface area contributed by atoms with Gasteiger partial charge in [-0.2, -0.15) is 4.39 Å². The maximum Gasteiger partial charge on any atom is 0.166 e. The number of hydrogen-bond acceptors (Lipinski definition) is 0. The molecule has 0 nitrogen and oxygen atoms in total. The van der Waals surface area contributed by atoms with Crippen molar-refractivity contribution in [2.75, 3.05) is 0 Å². The van der Waals surface area contributed by atoms with Crippen LogP contribution in [0.4, 0.5) is 4.39 Å². The molecule has 0 saturated carbocycles. The minimum atomic E-state index is -0.348. The molecule has 10 heavy (non-hydrogen) atoms. The van der Waals surface area contributed by atoms with E-state index in [0.717, 1.165) is 5.56 Å². The third-order valence-corrected chi connectivity index (χ3v) is 1.30. The van der Waals surface area contributed by atoms with E-state index in [1.54, 1.807) is 0 Å². The fourth-order valence-electron chi connectivity index (χ4n) is 0.675. The van der Waals surface area contributed by atoms with Crippen LogP contribution >= 0.6 is 15.9 Å². The highest BCUT2D eigenvalue weighted by Crippen LogP contribution is 2.11. The maximum atomic E-state index is 12.2. The third kappa shape index (κ3) is 2.31. The summed E-state index contributed by atoms with van der Waals surface area (Å²) in [4.78, 5) is 0. The minimum absolute atomic E-state index is 0.348. The number of hydrogen-bond donors (Lipinski definition) is 0. The molecule has 0 aliphatic rings. The van der Waals surface area contributed by atoms with E-state index in [1.807, 2.05) is 30.3 Å². The minimum Gasteiger partial charge on any atom is -0.199 e. The van der Waals surface area contributed by atoms with Crippen molar-refractivity contribution >= 4 is 22.0 Å². The van der Waals surface area contributed by atoms with E-state index >= 15 is 0 Å². The summed E-state index contributed by atoms with van der Waals surface area (Å²) in [7, 11) is 0. The van der Waals surface area contributed by atoms with E-state index in [9.17, 15) is 4.39 Å². The summed E-state index contributed by atoms with van der Waals surface area (Å²) in [6, 6.07) is 9.29. The van der Waals surface area contributed by atoms with Gasteiger partial charge in [0.1, 0.15) is 0 Å². The standard InChI is InChI=1S/C8H6BrF/c9-8(10)6-7-4-2-1-3-5-7/h1-6H. The first kappa shape index (κ1) is 7.48. The van der Waals surface area contributed by atoms with Gasteiger partial charge in [0.2, 0.25) is 0 Å². The van der Waals surface area contributed by atoms with Crippen molar-refractivity contribution in [3.63, 3.8) is 0 Å². The summed E-state index contributed by atoms with van der Waals surface area (Å²) >= 11 is 2.71. The second-order valence-corrected chi connectivity index (χ2v) is 2.60. The van der Waals surface area contributed by atoms with Crippen molar-refractivity contribution in [2.45, 2.75) is 0 Å². The molecule has 0 amide bonds. The van der Waals surface area contributed by atoms with Crippen molar-refractivity contribution in [1.82, 2.24) is 0 Å². The highest BCUT2D eigenvalue weighted by atomic mass is 79.9. The molecule has 2 heteroatoms. The average Bonchev–Trinajstić information content (AvgIpc) is 1.88. The van der Waals surface area contributed by atoms with Crippen LogP contribution in [0.15, 0.2) is 35.1 Å². The van der Waals surface area contributed by atoms with Crippen LogP contribution in [0, 0.1) is 0 Å². The summed E-state index contributed by atoms with van der Waals surface area (Å²) in [6.45, 7) is 0. The van der Waals surface area contributed by atoms with E-state index in [4.69, 9.17) is 0 Å². The zero-order chi connectivity index (χ0) is 7.40. The smallest absolute Gasteiger partial charge is 0.166 e. The lowest BCUT2D eigenvalue weighted by atomic mass is 10.2. The van der Waals surface area contributed by atoms with Crippen LogP contribution in [0.5, 0.6) is 0 Å². The molecule has 0 atom stereocenters. The Morgan fingerprint density at radius 3 is 2.40 bits per heavy atom. The molecule has 0 radical (unpaired) electrons. The van der Waals surface area contributed by atoms with Crippen LogP contribution < -0.4 is 0 Å². The Hall–Kier alpha value is -0.630. The van der Waals surface area contributed by atoms with E-state index in [2.05, 4.69) is 15.9 Å². The van der Waals surface area contributed by atoms with Gasteiger partial charge in [-0.15, -0.1) is 0 Å². The van der Waals surface area contributed by atoms with E-state index in [1.165, 1.54) is 6.08 Å². The van der Waals surface area contributed by atoms with Gasteiger partial charge in [-0.25, -0.2) is 0 Å². The average molecular weight is 201 g/mol. The molecule has 0 aliphatic heterocycles. The molecule has 0 aliphatic carbocycles. The normalized spacial score (nSPS) is 11.6. The zero-order valence-corrected chi connectivity index (χ0v) is 6.81. The summed E-state index contributed by atoms with van der Waals surface area (Å²) in [5.74, 6) is 0. The Morgan fingerprint density at radius 1 is 1.30 bits per heavy atom. The Balaban J connectivity index is 2.87. The Morgan fingerprint density at radius 2 is 1.90 bits per heavy atom.